The van der Waals surface area contributed by atoms with Crippen molar-refractivity contribution in [2.75, 3.05) is 49.0 Å². The van der Waals surface area contributed by atoms with Crippen molar-refractivity contribution in [3.05, 3.63) is 23.8 Å². The minimum Gasteiger partial charge on any atom is -0.444 e. The van der Waals surface area contributed by atoms with Gasteiger partial charge in [0.05, 0.1) is 24.6 Å². The molecule has 3 aliphatic heterocycles. The molecule has 0 radical (unpaired) electrons. The second kappa shape index (κ2) is 7.90. The van der Waals surface area contributed by atoms with Crippen LogP contribution in [0.3, 0.4) is 0 Å². The lowest BCUT2D eigenvalue weighted by molar-refractivity contribution is 0.0286. The van der Waals surface area contributed by atoms with Crippen molar-refractivity contribution in [3.63, 3.8) is 0 Å². The number of fused-ring (bicyclic) bond motifs is 1. The molecule has 1 amide bonds. The quantitative estimate of drug-likeness (QED) is 0.760. The van der Waals surface area contributed by atoms with E-state index in [1.165, 1.54) is 4.31 Å². The summed E-state index contributed by atoms with van der Waals surface area (Å²) in [6.45, 7) is 9.28. The lowest BCUT2D eigenvalue weighted by atomic mass is 10.1. The maximum Gasteiger partial charge on any atom is 0.410 e. The number of carbonyl (C=O) groups excluding carboxylic acids is 1. The van der Waals surface area contributed by atoms with Crippen LogP contribution in [0, 0.1) is 0 Å². The zero-order chi connectivity index (χ0) is 21.5. The first-order valence-electron chi connectivity index (χ1n) is 10.4. The van der Waals surface area contributed by atoms with Crippen LogP contribution < -0.4 is 9.62 Å². The minimum atomic E-state index is -3.72. The average Bonchev–Trinajstić information content (AvgIpc) is 3.16. The summed E-state index contributed by atoms with van der Waals surface area (Å²) in [5, 5.41) is 0. The van der Waals surface area contributed by atoms with E-state index in [1.54, 1.807) is 4.90 Å². The van der Waals surface area contributed by atoms with Crippen LogP contribution in [-0.4, -0.2) is 74.8 Å². The molecule has 1 aromatic rings. The maximum atomic E-state index is 13.1. The molecule has 10 heteroatoms. The third-order valence-electron chi connectivity index (χ3n) is 5.57. The van der Waals surface area contributed by atoms with Gasteiger partial charge in [-0.3, -0.25) is 4.72 Å². The van der Waals surface area contributed by atoms with Crippen molar-refractivity contribution in [2.24, 2.45) is 0 Å². The highest BCUT2D eigenvalue weighted by atomic mass is 32.2. The fraction of sp³-hybridized carbons (Fsp3) is 0.650. The molecule has 30 heavy (non-hydrogen) atoms. The highest BCUT2D eigenvalue weighted by molar-refractivity contribution is 7.90. The molecule has 0 aromatic heterocycles. The van der Waals surface area contributed by atoms with Crippen LogP contribution in [0.1, 0.15) is 32.8 Å². The average molecular weight is 439 g/mol. The fourth-order valence-electron chi connectivity index (χ4n) is 4.14. The lowest BCUT2D eigenvalue weighted by Gasteiger charge is -2.37. The van der Waals surface area contributed by atoms with Crippen LogP contribution in [0.25, 0.3) is 0 Å². The first-order chi connectivity index (χ1) is 14.1. The molecule has 1 atom stereocenters. The van der Waals surface area contributed by atoms with Gasteiger partial charge in [0.15, 0.2) is 0 Å². The smallest absolute Gasteiger partial charge is 0.410 e. The Morgan fingerprint density at radius 1 is 1.20 bits per heavy atom. The van der Waals surface area contributed by atoms with E-state index < -0.39 is 21.9 Å². The molecule has 166 valence electrons. The van der Waals surface area contributed by atoms with Gasteiger partial charge in [-0.2, -0.15) is 12.7 Å². The van der Waals surface area contributed by atoms with Crippen LogP contribution in [0.4, 0.5) is 16.2 Å². The van der Waals surface area contributed by atoms with Gasteiger partial charge in [-0.05, 0) is 38.8 Å². The normalized spacial score (nSPS) is 24.3. The van der Waals surface area contributed by atoms with E-state index in [-0.39, 0.29) is 12.6 Å². The topological polar surface area (TPSA) is 91.4 Å². The van der Waals surface area contributed by atoms with Gasteiger partial charge < -0.3 is 19.3 Å². The van der Waals surface area contributed by atoms with Gasteiger partial charge in [-0.15, -0.1) is 0 Å². The summed E-state index contributed by atoms with van der Waals surface area (Å²) in [7, 11) is -3.72. The number of carbonyl (C=O) groups is 1. The molecule has 0 aliphatic carbocycles. The second-order valence-corrected chi connectivity index (χ2v) is 10.6. The van der Waals surface area contributed by atoms with Crippen LogP contribution >= 0.6 is 0 Å². The summed E-state index contributed by atoms with van der Waals surface area (Å²) in [6.07, 6.45) is 0.181. The number of morpholine rings is 1. The zero-order valence-electron chi connectivity index (χ0n) is 17.8. The molecular weight excluding hydrogens is 408 g/mol. The largest absolute Gasteiger partial charge is 0.444 e. The van der Waals surface area contributed by atoms with Crippen molar-refractivity contribution in [1.29, 1.82) is 0 Å². The summed E-state index contributed by atoms with van der Waals surface area (Å²) < 4.78 is 41.3. The number of hydrogen-bond donors (Lipinski definition) is 1. The van der Waals surface area contributed by atoms with Gasteiger partial charge in [0.2, 0.25) is 0 Å². The number of para-hydroxylation sites is 1. The van der Waals surface area contributed by atoms with Gasteiger partial charge >= 0.3 is 16.3 Å². The van der Waals surface area contributed by atoms with E-state index in [2.05, 4.69) is 9.62 Å². The van der Waals surface area contributed by atoms with Crippen molar-refractivity contribution < 1.29 is 22.7 Å². The fourth-order valence-corrected chi connectivity index (χ4v) is 5.62. The standard InChI is InChI=1S/C20H30N4O5S/c1-20(2,3)29-19(25)23-8-7-16(14-23)24-13-15-5-4-6-17(18(15)21-30(24,26)27)22-9-11-28-12-10-22/h4-6,16,21H,7-14H2,1-3H3. The van der Waals surface area contributed by atoms with Crippen LogP contribution in [0.5, 0.6) is 0 Å². The number of rotatable bonds is 2. The van der Waals surface area contributed by atoms with Gasteiger partial charge in [0.25, 0.3) is 0 Å². The molecule has 1 aromatic carbocycles. The van der Waals surface area contributed by atoms with Gasteiger partial charge in [0, 0.05) is 38.8 Å². The molecule has 3 heterocycles. The molecule has 3 aliphatic rings. The Labute approximate surface area is 178 Å². The number of ether oxygens (including phenoxy) is 2. The van der Waals surface area contributed by atoms with Crippen LogP contribution in [0.15, 0.2) is 18.2 Å². The Balaban J connectivity index is 1.52. The number of hydrogen-bond acceptors (Lipinski definition) is 6. The molecule has 1 N–H and O–H groups in total. The third-order valence-corrected chi connectivity index (χ3v) is 7.08. The first-order valence-corrected chi connectivity index (χ1v) is 11.8. The molecule has 9 nitrogen and oxygen atoms in total. The van der Waals surface area contributed by atoms with E-state index >= 15 is 0 Å². The Kier molecular flexibility index (Phi) is 5.58. The van der Waals surface area contributed by atoms with Gasteiger partial charge in [0.1, 0.15) is 5.60 Å². The molecule has 0 bridgehead atoms. The van der Waals surface area contributed by atoms with Crippen molar-refractivity contribution in [3.8, 4) is 0 Å². The minimum absolute atomic E-state index is 0.282. The molecule has 0 spiro atoms. The molecule has 1 unspecified atom stereocenters. The maximum absolute atomic E-state index is 13.1. The zero-order valence-corrected chi connectivity index (χ0v) is 18.6. The number of anilines is 2. The number of likely N-dealkylation sites (tertiary alicyclic amines) is 1. The highest BCUT2D eigenvalue weighted by Crippen LogP contribution is 2.37. The van der Waals surface area contributed by atoms with E-state index in [0.717, 1.165) is 24.3 Å². The monoisotopic (exact) mass is 438 g/mol. The van der Waals surface area contributed by atoms with E-state index in [1.807, 2.05) is 39.0 Å². The Hall–Kier alpha value is -2.04. The first kappa shape index (κ1) is 21.2. The third kappa shape index (κ3) is 4.35. The Morgan fingerprint density at radius 2 is 1.93 bits per heavy atom. The Morgan fingerprint density at radius 3 is 2.63 bits per heavy atom. The lowest BCUT2D eigenvalue weighted by Crippen LogP contribution is -2.48. The molecule has 2 fully saturated rings. The SMILES string of the molecule is CC(C)(C)OC(=O)N1CCC(N2Cc3cccc(N4CCOCC4)c3NS2(=O)=O)C1. The summed E-state index contributed by atoms with van der Waals surface area (Å²) in [5.41, 5.74) is 1.89. The van der Waals surface area contributed by atoms with Crippen molar-refractivity contribution in [1.82, 2.24) is 9.21 Å². The predicted molar refractivity (Wildman–Crippen MR) is 114 cm³/mol. The van der Waals surface area contributed by atoms with Gasteiger partial charge in [-0.1, -0.05) is 12.1 Å². The number of nitrogens with one attached hydrogen (secondary N) is 1. The predicted octanol–water partition coefficient (Wildman–Crippen LogP) is 2.00. The van der Waals surface area contributed by atoms with Crippen LogP contribution in [0.2, 0.25) is 0 Å². The molecule has 2 saturated heterocycles. The van der Waals surface area contributed by atoms with Crippen molar-refractivity contribution >= 4 is 27.7 Å². The van der Waals surface area contributed by atoms with Crippen LogP contribution in [-0.2, 0) is 26.2 Å². The number of benzene rings is 1. The number of amides is 1. The Bertz CT molecular complexity index is 908. The molecule has 4 rings (SSSR count). The number of nitrogens with zero attached hydrogens (tertiary/aromatic N) is 3. The van der Waals surface area contributed by atoms with E-state index in [4.69, 9.17) is 9.47 Å². The molecule has 0 saturated carbocycles. The summed E-state index contributed by atoms with van der Waals surface area (Å²) in [4.78, 5) is 16.1. The van der Waals surface area contributed by atoms with Gasteiger partial charge in [-0.25, -0.2) is 4.79 Å². The van der Waals surface area contributed by atoms with E-state index in [9.17, 15) is 13.2 Å². The highest BCUT2D eigenvalue weighted by Gasteiger charge is 2.41. The summed E-state index contributed by atoms with van der Waals surface area (Å²) in [5.74, 6) is 0. The summed E-state index contributed by atoms with van der Waals surface area (Å²) >= 11 is 0. The second-order valence-electron chi connectivity index (χ2n) is 8.93. The summed E-state index contributed by atoms with van der Waals surface area (Å²) in [6, 6.07) is 5.58. The van der Waals surface area contributed by atoms with E-state index in [0.29, 0.717) is 38.4 Å². The van der Waals surface area contributed by atoms with Crippen molar-refractivity contribution in [2.45, 2.75) is 45.4 Å². The molecular formula is C20H30N4O5S.